The van der Waals surface area contributed by atoms with Gasteiger partial charge in [-0.2, -0.15) is 0 Å². The first kappa shape index (κ1) is 5.05. The largest absolute Gasteiger partial charge is 0.388 e. The van der Waals surface area contributed by atoms with E-state index >= 15 is 0 Å². The van der Waals surface area contributed by atoms with Crippen molar-refractivity contribution in [2.75, 3.05) is 0 Å². The Morgan fingerprint density at radius 3 is 2.20 bits per heavy atom. The Labute approximate surface area is 36.6 Å². The van der Waals surface area contributed by atoms with Crippen LogP contribution in [0.15, 0.2) is 0 Å². The zero-order valence-corrected chi connectivity index (χ0v) is 3.53. The molecule has 2 heteroatoms. The fraction of sp³-hybridized carbons (Fsp3) is 0.333. The molecule has 29 valence electrons. The summed E-state index contributed by atoms with van der Waals surface area (Å²) in [6, 6.07) is 0. The van der Waals surface area contributed by atoms with Crippen LogP contribution >= 0.6 is 12.2 Å². The van der Waals surface area contributed by atoms with Crippen LogP contribution in [0.5, 0.6) is 0 Å². The minimum absolute atomic E-state index is 0.676. The molecule has 1 radical (unpaired) electrons. The summed E-state index contributed by atoms with van der Waals surface area (Å²) in [5.74, 6) is 0. The Hall–Kier alpha value is 0.0500. The van der Waals surface area contributed by atoms with Gasteiger partial charge < -0.3 is 5.11 Å². The molecule has 0 aromatic heterocycles. The average Bonchev–Trinajstić information content (AvgIpc) is 1.38. The molecule has 0 aliphatic rings. The fourth-order valence-electron chi connectivity index (χ4n) is 0. The first-order valence-electron chi connectivity index (χ1n) is 1.24. The zero-order valence-electron chi connectivity index (χ0n) is 2.72. The van der Waals surface area contributed by atoms with E-state index in [1.54, 1.807) is 0 Å². The predicted octanol–water partition coefficient (Wildman–Crippen LogP) is 0.181. The van der Waals surface area contributed by atoms with E-state index in [-0.39, 0.29) is 0 Å². The van der Waals surface area contributed by atoms with Crippen molar-refractivity contribution in [2.45, 2.75) is 6.10 Å². The summed E-state index contributed by atoms with van der Waals surface area (Å²) in [6.07, 6.45) is -0.676. The van der Waals surface area contributed by atoms with Gasteiger partial charge in [0.15, 0.2) is 0 Å². The molecule has 1 nitrogen and oxygen atoms in total. The zero-order chi connectivity index (χ0) is 4.28. The topological polar surface area (TPSA) is 20.2 Å². The molecule has 1 unspecified atom stereocenters. The lowest BCUT2D eigenvalue weighted by Gasteiger charge is -1.82. The Balaban J connectivity index is 2.83. The molecular weight excluding hydrogens is 84.1 g/mol. The lowest BCUT2D eigenvalue weighted by molar-refractivity contribution is 0.293. The molecule has 0 saturated heterocycles. The van der Waals surface area contributed by atoms with E-state index in [2.05, 4.69) is 19.1 Å². The number of aliphatic hydroxyl groups is 1. The monoisotopic (exact) mass is 89.0 g/mol. The SMILES string of the molecule is [CH2]C(O)C=S. The smallest absolute Gasteiger partial charge is 0.0823 e. The van der Waals surface area contributed by atoms with E-state index in [1.165, 1.54) is 5.37 Å². The lowest BCUT2D eigenvalue weighted by Crippen LogP contribution is -1.96. The lowest BCUT2D eigenvalue weighted by atomic mass is 10.5. The second-order valence-electron chi connectivity index (χ2n) is 0.703. The molecule has 0 fully saturated rings. The highest BCUT2D eigenvalue weighted by Crippen LogP contribution is 1.65. The van der Waals surface area contributed by atoms with E-state index < -0.39 is 6.10 Å². The van der Waals surface area contributed by atoms with Gasteiger partial charge in [0.05, 0.1) is 6.10 Å². The maximum absolute atomic E-state index is 8.09. The van der Waals surface area contributed by atoms with Gasteiger partial charge in [0.2, 0.25) is 0 Å². The van der Waals surface area contributed by atoms with Crippen LogP contribution in [-0.2, 0) is 0 Å². The first-order valence-corrected chi connectivity index (χ1v) is 1.71. The predicted molar refractivity (Wildman–Crippen MR) is 25.0 cm³/mol. The van der Waals surface area contributed by atoms with Gasteiger partial charge >= 0.3 is 0 Å². The summed E-state index contributed by atoms with van der Waals surface area (Å²) >= 11 is 4.24. The van der Waals surface area contributed by atoms with Crippen LogP contribution in [0.3, 0.4) is 0 Å². The first-order chi connectivity index (χ1) is 2.27. The molecule has 0 amide bonds. The average molecular weight is 89.1 g/mol. The standard InChI is InChI=1S/C3H5OS/c1-3(4)2-5/h2-4H,1H2. The van der Waals surface area contributed by atoms with Crippen molar-refractivity contribution in [3.8, 4) is 0 Å². The maximum atomic E-state index is 8.09. The Morgan fingerprint density at radius 2 is 2.20 bits per heavy atom. The third-order valence-electron chi connectivity index (χ3n) is 0.157. The minimum atomic E-state index is -0.676. The van der Waals surface area contributed by atoms with Crippen LogP contribution < -0.4 is 0 Å². The normalized spacial score (nSPS) is 14.0. The molecule has 0 aromatic rings. The molecular formula is C3H5OS. The van der Waals surface area contributed by atoms with Gasteiger partial charge in [-0.05, 0) is 6.92 Å². The van der Waals surface area contributed by atoms with Crippen LogP contribution in [0.1, 0.15) is 0 Å². The number of rotatable bonds is 1. The van der Waals surface area contributed by atoms with Crippen molar-refractivity contribution in [2.24, 2.45) is 0 Å². The quantitative estimate of drug-likeness (QED) is 0.462. The molecule has 0 aliphatic carbocycles. The molecule has 1 N–H and O–H groups in total. The van der Waals surface area contributed by atoms with Gasteiger partial charge in [-0.3, -0.25) is 0 Å². The molecule has 0 heterocycles. The molecule has 5 heavy (non-hydrogen) atoms. The molecule has 0 saturated carbocycles. The van der Waals surface area contributed by atoms with Crippen LogP contribution in [0, 0.1) is 6.92 Å². The van der Waals surface area contributed by atoms with Gasteiger partial charge in [0, 0.05) is 5.37 Å². The van der Waals surface area contributed by atoms with Crippen LogP contribution in [0.25, 0.3) is 0 Å². The second-order valence-corrected chi connectivity index (χ2v) is 0.976. The minimum Gasteiger partial charge on any atom is -0.388 e. The summed E-state index contributed by atoms with van der Waals surface area (Å²) in [6.45, 7) is 3.15. The summed E-state index contributed by atoms with van der Waals surface area (Å²) < 4.78 is 0. The molecule has 0 aromatic carbocycles. The molecule has 1 atom stereocenters. The molecule has 0 spiro atoms. The van der Waals surface area contributed by atoms with Crippen LogP contribution in [-0.4, -0.2) is 16.6 Å². The number of thiocarbonyl (C=S) groups is 1. The van der Waals surface area contributed by atoms with E-state index in [1.807, 2.05) is 0 Å². The highest BCUT2D eigenvalue weighted by molar-refractivity contribution is 7.79. The molecule has 0 bridgehead atoms. The van der Waals surface area contributed by atoms with Crippen molar-refractivity contribution in [3.05, 3.63) is 6.92 Å². The van der Waals surface area contributed by atoms with Crippen LogP contribution in [0.2, 0.25) is 0 Å². The van der Waals surface area contributed by atoms with Gasteiger partial charge in [-0.15, -0.1) is 0 Å². The van der Waals surface area contributed by atoms with E-state index in [4.69, 9.17) is 5.11 Å². The van der Waals surface area contributed by atoms with Crippen molar-refractivity contribution in [1.82, 2.24) is 0 Å². The number of aliphatic hydroxyl groups excluding tert-OH is 1. The van der Waals surface area contributed by atoms with Crippen molar-refractivity contribution in [1.29, 1.82) is 0 Å². The molecule has 0 rings (SSSR count). The van der Waals surface area contributed by atoms with E-state index in [9.17, 15) is 0 Å². The molecule has 0 aliphatic heterocycles. The van der Waals surface area contributed by atoms with Crippen molar-refractivity contribution in [3.63, 3.8) is 0 Å². The highest BCUT2D eigenvalue weighted by Gasteiger charge is 1.77. The van der Waals surface area contributed by atoms with Crippen molar-refractivity contribution < 1.29 is 5.11 Å². The summed E-state index contributed by atoms with van der Waals surface area (Å²) in [4.78, 5) is 0. The van der Waals surface area contributed by atoms with Gasteiger partial charge in [-0.1, -0.05) is 12.2 Å². The Morgan fingerprint density at radius 1 is 2.00 bits per heavy atom. The third-order valence-corrected chi connectivity index (χ3v) is 0.471. The Kier molecular flexibility index (Phi) is 2.32. The Bertz CT molecular complexity index is 33.9. The summed E-state index contributed by atoms with van der Waals surface area (Å²) in [5, 5.41) is 9.28. The second kappa shape index (κ2) is 2.30. The number of hydrogen-bond donors (Lipinski definition) is 1. The number of hydrogen-bond acceptors (Lipinski definition) is 2. The van der Waals surface area contributed by atoms with Crippen molar-refractivity contribution >= 4 is 17.6 Å². The fourth-order valence-corrected chi connectivity index (χ4v) is 0. The third kappa shape index (κ3) is 4.05. The van der Waals surface area contributed by atoms with Gasteiger partial charge in [-0.25, -0.2) is 0 Å². The van der Waals surface area contributed by atoms with Gasteiger partial charge in [0.1, 0.15) is 0 Å². The van der Waals surface area contributed by atoms with Gasteiger partial charge in [0.25, 0.3) is 0 Å². The van der Waals surface area contributed by atoms with Crippen LogP contribution in [0.4, 0.5) is 0 Å². The maximum Gasteiger partial charge on any atom is 0.0823 e. The summed E-state index contributed by atoms with van der Waals surface area (Å²) in [5.41, 5.74) is 0. The highest BCUT2D eigenvalue weighted by atomic mass is 32.1. The van der Waals surface area contributed by atoms with E-state index in [0.29, 0.717) is 0 Å². The summed E-state index contributed by atoms with van der Waals surface area (Å²) in [7, 11) is 0. The van der Waals surface area contributed by atoms with E-state index in [0.717, 1.165) is 0 Å².